The largest absolute Gasteiger partial charge is 0.276 e. The molecule has 0 aliphatic carbocycles. The van der Waals surface area contributed by atoms with Crippen molar-refractivity contribution in [1.29, 1.82) is 0 Å². The number of aromatic nitrogens is 8. The Balaban J connectivity index is 1.57. The number of rotatable bonds is 6. The average Bonchev–Trinajstić information content (AvgIpc) is 3.43. The quantitative estimate of drug-likeness (QED) is 0.391. The van der Waals surface area contributed by atoms with Crippen LogP contribution in [0.2, 0.25) is 0 Å². The predicted molar refractivity (Wildman–Crippen MR) is 114 cm³/mol. The highest BCUT2D eigenvalue weighted by Gasteiger charge is 2.17. The lowest BCUT2D eigenvalue weighted by molar-refractivity contribution is 0.662. The molecule has 3 heterocycles. The fourth-order valence-corrected chi connectivity index (χ4v) is 4.29. The molecule has 0 saturated carbocycles. The first-order valence-corrected chi connectivity index (χ1v) is 10.6. The summed E-state index contributed by atoms with van der Waals surface area (Å²) in [5.41, 5.74) is 1.64. The van der Waals surface area contributed by atoms with Crippen LogP contribution in [0.3, 0.4) is 0 Å². The number of thioether (sulfide) groups is 1. The number of fused-ring (bicyclic) bond motifs is 3. The molecule has 0 atom stereocenters. The molecule has 0 N–H and O–H groups in total. The van der Waals surface area contributed by atoms with Gasteiger partial charge in [0.1, 0.15) is 0 Å². The second-order valence-electron chi connectivity index (χ2n) is 6.72. The van der Waals surface area contributed by atoms with Gasteiger partial charge < -0.3 is 0 Å². The van der Waals surface area contributed by atoms with Crippen LogP contribution >= 0.6 is 11.8 Å². The lowest BCUT2D eigenvalue weighted by Crippen LogP contribution is -2.23. The van der Waals surface area contributed by atoms with Crippen molar-refractivity contribution in [2.24, 2.45) is 0 Å². The zero-order valence-corrected chi connectivity index (χ0v) is 17.0. The summed E-state index contributed by atoms with van der Waals surface area (Å²) >= 11 is 1.48. The molecule has 30 heavy (non-hydrogen) atoms. The molecular weight excluding hydrogens is 400 g/mol. The molecular formula is C20H18N8OS. The van der Waals surface area contributed by atoms with Gasteiger partial charge in [-0.3, -0.25) is 13.8 Å². The first-order chi connectivity index (χ1) is 14.8. The van der Waals surface area contributed by atoms with E-state index in [1.165, 1.54) is 11.8 Å². The van der Waals surface area contributed by atoms with Crippen molar-refractivity contribution >= 4 is 28.4 Å². The monoisotopic (exact) mass is 418 g/mol. The third-order valence-electron chi connectivity index (χ3n) is 4.79. The van der Waals surface area contributed by atoms with Gasteiger partial charge in [-0.25, -0.2) is 0 Å². The van der Waals surface area contributed by atoms with Crippen LogP contribution in [-0.4, -0.2) is 39.4 Å². The lowest BCUT2D eigenvalue weighted by atomic mass is 10.2. The molecule has 0 bridgehead atoms. The Hall–Kier alpha value is -3.53. The third kappa shape index (κ3) is 3.05. The van der Waals surface area contributed by atoms with Gasteiger partial charge in [0.2, 0.25) is 5.78 Å². The number of nitrogens with zero attached hydrogens (tertiary/aromatic N) is 8. The minimum Gasteiger partial charge on any atom is -0.276 e. The second kappa shape index (κ2) is 7.71. The normalized spacial score (nSPS) is 11.5. The number of hydrogen-bond acceptors (Lipinski definition) is 7. The van der Waals surface area contributed by atoms with Crippen molar-refractivity contribution in [1.82, 2.24) is 39.4 Å². The van der Waals surface area contributed by atoms with Gasteiger partial charge in [0.05, 0.1) is 22.3 Å². The van der Waals surface area contributed by atoms with Crippen LogP contribution < -0.4 is 5.56 Å². The molecule has 0 unspecified atom stereocenters. The maximum Gasteiger partial charge on any atom is 0.262 e. The van der Waals surface area contributed by atoms with Crippen LogP contribution in [0.4, 0.5) is 0 Å². The SMILES string of the molecule is CCCn1c(=O)c2ccccc2n2c(SCc3nnnn3-c3ccccc3)nnc12. The van der Waals surface area contributed by atoms with Crippen LogP contribution in [0.1, 0.15) is 19.2 Å². The third-order valence-corrected chi connectivity index (χ3v) is 5.72. The summed E-state index contributed by atoms with van der Waals surface area (Å²) in [6, 6.07) is 17.3. The number of tetrazole rings is 1. The summed E-state index contributed by atoms with van der Waals surface area (Å²) in [6.07, 6.45) is 0.828. The van der Waals surface area contributed by atoms with Crippen molar-refractivity contribution in [3.8, 4) is 5.69 Å². The van der Waals surface area contributed by atoms with Crippen molar-refractivity contribution in [3.63, 3.8) is 0 Å². The molecule has 5 rings (SSSR count). The zero-order valence-electron chi connectivity index (χ0n) is 16.2. The molecule has 0 saturated heterocycles. The summed E-state index contributed by atoms with van der Waals surface area (Å²) in [4.78, 5) is 12.9. The van der Waals surface area contributed by atoms with Crippen LogP contribution in [0.5, 0.6) is 0 Å². The smallest absolute Gasteiger partial charge is 0.262 e. The Kier molecular flexibility index (Phi) is 4.75. The molecule has 9 nitrogen and oxygen atoms in total. The van der Waals surface area contributed by atoms with Crippen molar-refractivity contribution < 1.29 is 0 Å². The van der Waals surface area contributed by atoms with Gasteiger partial charge in [0.15, 0.2) is 11.0 Å². The Morgan fingerprint density at radius 1 is 0.967 bits per heavy atom. The van der Waals surface area contributed by atoms with Gasteiger partial charge in [0, 0.05) is 6.54 Å². The van der Waals surface area contributed by atoms with E-state index in [1.807, 2.05) is 65.9 Å². The van der Waals surface area contributed by atoms with Gasteiger partial charge in [0.25, 0.3) is 5.56 Å². The van der Waals surface area contributed by atoms with E-state index in [2.05, 4.69) is 25.7 Å². The van der Waals surface area contributed by atoms with Gasteiger partial charge in [-0.1, -0.05) is 49.0 Å². The maximum absolute atomic E-state index is 12.9. The maximum atomic E-state index is 12.9. The minimum atomic E-state index is -0.0445. The molecule has 0 aliphatic heterocycles. The molecule has 10 heteroatoms. The van der Waals surface area contributed by atoms with Crippen LogP contribution in [0.15, 0.2) is 64.5 Å². The van der Waals surface area contributed by atoms with Gasteiger partial charge in [-0.2, -0.15) is 4.68 Å². The van der Waals surface area contributed by atoms with E-state index in [4.69, 9.17) is 0 Å². The Labute approximate surface area is 175 Å². The zero-order chi connectivity index (χ0) is 20.5. The summed E-state index contributed by atoms with van der Waals surface area (Å²) in [7, 11) is 0. The Morgan fingerprint density at radius 2 is 1.77 bits per heavy atom. The van der Waals surface area contributed by atoms with E-state index < -0.39 is 0 Å². The number of benzene rings is 2. The molecule has 0 amide bonds. The van der Waals surface area contributed by atoms with Crippen molar-refractivity contribution in [2.45, 2.75) is 30.8 Å². The second-order valence-corrected chi connectivity index (χ2v) is 7.67. The van der Waals surface area contributed by atoms with E-state index >= 15 is 0 Å². The van der Waals surface area contributed by atoms with Crippen LogP contribution in [-0.2, 0) is 12.3 Å². The standard InChI is InChI=1S/C20H18N8OS/c1-2-12-26-18(29)15-10-6-7-11-16(15)27-19(26)22-23-20(27)30-13-17-21-24-25-28(17)14-8-4-3-5-9-14/h3-11H,2,12-13H2,1H3. The fourth-order valence-electron chi connectivity index (χ4n) is 3.45. The first kappa shape index (κ1) is 18.5. The number of para-hydroxylation sites is 2. The van der Waals surface area contributed by atoms with E-state index in [0.717, 1.165) is 17.6 Å². The molecule has 5 aromatic rings. The van der Waals surface area contributed by atoms with E-state index in [-0.39, 0.29) is 5.56 Å². The highest BCUT2D eigenvalue weighted by molar-refractivity contribution is 7.98. The summed E-state index contributed by atoms with van der Waals surface area (Å²) < 4.78 is 5.34. The van der Waals surface area contributed by atoms with E-state index in [1.54, 1.807) is 9.25 Å². The molecule has 3 aromatic heterocycles. The van der Waals surface area contributed by atoms with Crippen molar-refractivity contribution in [3.05, 3.63) is 70.8 Å². The predicted octanol–water partition coefficient (Wildman–Crippen LogP) is 2.72. The van der Waals surface area contributed by atoms with Gasteiger partial charge in [-0.05, 0) is 41.1 Å². The van der Waals surface area contributed by atoms with Crippen LogP contribution in [0, 0.1) is 0 Å². The molecule has 0 spiro atoms. The fraction of sp³-hybridized carbons (Fsp3) is 0.200. The number of hydrogen-bond donors (Lipinski definition) is 0. The minimum absolute atomic E-state index is 0.0445. The first-order valence-electron chi connectivity index (χ1n) is 9.60. The topological polar surface area (TPSA) is 95.8 Å². The molecule has 0 fully saturated rings. The summed E-state index contributed by atoms with van der Waals surface area (Å²) in [5, 5.41) is 22.1. The van der Waals surface area contributed by atoms with Gasteiger partial charge >= 0.3 is 0 Å². The molecule has 2 aromatic carbocycles. The molecule has 0 radical (unpaired) electrons. The van der Waals surface area contributed by atoms with E-state index in [0.29, 0.717) is 34.4 Å². The highest BCUT2D eigenvalue weighted by Crippen LogP contribution is 2.24. The summed E-state index contributed by atoms with van der Waals surface area (Å²) in [6.45, 7) is 2.62. The Morgan fingerprint density at radius 3 is 2.60 bits per heavy atom. The summed E-state index contributed by atoms with van der Waals surface area (Å²) in [5.74, 6) is 1.75. The lowest BCUT2D eigenvalue weighted by Gasteiger charge is -2.10. The highest BCUT2D eigenvalue weighted by atomic mass is 32.2. The Bertz CT molecular complexity index is 1390. The number of aryl methyl sites for hydroxylation is 1. The van der Waals surface area contributed by atoms with Crippen LogP contribution in [0.25, 0.3) is 22.4 Å². The molecule has 0 aliphatic rings. The molecule has 150 valence electrons. The average molecular weight is 418 g/mol. The van der Waals surface area contributed by atoms with Crippen molar-refractivity contribution in [2.75, 3.05) is 0 Å². The van der Waals surface area contributed by atoms with Gasteiger partial charge in [-0.15, -0.1) is 15.3 Å². The van der Waals surface area contributed by atoms with E-state index in [9.17, 15) is 4.79 Å².